The standard InChI is InChI=1S/C14H18N2O2S/c1-18-9-4-8-16-7-2-5-11(14(16)17)13(15)12-6-3-10-19-12/h2-3,5-7,10,13H,4,8-9,15H2,1H3. The molecule has 0 fully saturated rings. The molecule has 2 aromatic heterocycles. The van der Waals surface area contributed by atoms with Crippen molar-refractivity contribution < 1.29 is 4.74 Å². The van der Waals surface area contributed by atoms with Crippen molar-refractivity contribution in [3.8, 4) is 0 Å². The Kier molecular flexibility index (Phi) is 4.90. The van der Waals surface area contributed by atoms with Gasteiger partial charge in [0.1, 0.15) is 0 Å². The maximum absolute atomic E-state index is 12.3. The molecule has 0 saturated carbocycles. The fourth-order valence-electron chi connectivity index (χ4n) is 1.97. The van der Waals surface area contributed by atoms with Crippen molar-refractivity contribution in [3.63, 3.8) is 0 Å². The number of ether oxygens (including phenoxy) is 1. The summed E-state index contributed by atoms with van der Waals surface area (Å²) in [4.78, 5) is 13.4. The van der Waals surface area contributed by atoms with E-state index in [1.54, 1.807) is 35.3 Å². The molecule has 2 rings (SSSR count). The van der Waals surface area contributed by atoms with Crippen molar-refractivity contribution in [1.29, 1.82) is 0 Å². The molecule has 5 heteroatoms. The fraction of sp³-hybridized carbons (Fsp3) is 0.357. The van der Waals surface area contributed by atoms with Crippen LogP contribution in [-0.4, -0.2) is 18.3 Å². The molecule has 1 unspecified atom stereocenters. The summed E-state index contributed by atoms with van der Waals surface area (Å²) in [5.74, 6) is 0. The van der Waals surface area contributed by atoms with E-state index in [0.717, 1.165) is 11.3 Å². The number of aromatic nitrogens is 1. The van der Waals surface area contributed by atoms with Gasteiger partial charge in [0.15, 0.2) is 0 Å². The van der Waals surface area contributed by atoms with Gasteiger partial charge in [-0.25, -0.2) is 0 Å². The van der Waals surface area contributed by atoms with Gasteiger partial charge in [0, 0.05) is 36.9 Å². The Morgan fingerprint density at radius 2 is 2.26 bits per heavy atom. The van der Waals surface area contributed by atoms with Gasteiger partial charge in [-0.15, -0.1) is 11.3 Å². The van der Waals surface area contributed by atoms with Gasteiger partial charge in [-0.2, -0.15) is 0 Å². The van der Waals surface area contributed by atoms with Crippen molar-refractivity contribution in [2.75, 3.05) is 13.7 Å². The number of nitrogens with two attached hydrogens (primary N) is 1. The van der Waals surface area contributed by atoms with Gasteiger partial charge in [-0.1, -0.05) is 12.1 Å². The first-order chi connectivity index (χ1) is 9.24. The predicted molar refractivity (Wildman–Crippen MR) is 77.5 cm³/mol. The van der Waals surface area contributed by atoms with Crippen molar-refractivity contribution in [3.05, 3.63) is 56.6 Å². The van der Waals surface area contributed by atoms with E-state index >= 15 is 0 Å². The SMILES string of the molecule is COCCCn1cccc(C(N)c2cccs2)c1=O. The van der Waals surface area contributed by atoms with Crippen molar-refractivity contribution >= 4 is 11.3 Å². The van der Waals surface area contributed by atoms with Crippen LogP contribution < -0.4 is 11.3 Å². The Bertz CT molecular complexity index is 563. The van der Waals surface area contributed by atoms with Gasteiger partial charge in [0.25, 0.3) is 5.56 Å². The second kappa shape index (κ2) is 6.65. The van der Waals surface area contributed by atoms with Gasteiger partial charge < -0.3 is 15.0 Å². The maximum atomic E-state index is 12.3. The normalized spacial score (nSPS) is 12.5. The zero-order valence-corrected chi connectivity index (χ0v) is 11.7. The summed E-state index contributed by atoms with van der Waals surface area (Å²) in [7, 11) is 1.66. The number of thiophene rings is 1. The summed E-state index contributed by atoms with van der Waals surface area (Å²) in [6.07, 6.45) is 2.61. The van der Waals surface area contributed by atoms with E-state index < -0.39 is 0 Å². The molecule has 0 radical (unpaired) electrons. The Morgan fingerprint density at radius 3 is 2.95 bits per heavy atom. The number of hydrogen-bond acceptors (Lipinski definition) is 4. The van der Waals surface area contributed by atoms with E-state index in [1.165, 1.54) is 0 Å². The Morgan fingerprint density at radius 1 is 1.42 bits per heavy atom. The lowest BCUT2D eigenvalue weighted by Crippen LogP contribution is -2.28. The fourth-order valence-corrected chi connectivity index (χ4v) is 2.71. The minimum absolute atomic E-state index is 0.0143. The van der Waals surface area contributed by atoms with Gasteiger partial charge >= 0.3 is 0 Å². The van der Waals surface area contributed by atoms with Gasteiger partial charge in [0.2, 0.25) is 0 Å². The first kappa shape index (κ1) is 14.0. The summed E-state index contributed by atoms with van der Waals surface area (Å²) in [6.45, 7) is 1.30. The summed E-state index contributed by atoms with van der Waals surface area (Å²) in [6, 6.07) is 7.23. The van der Waals surface area contributed by atoms with Crippen LogP contribution in [0.1, 0.15) is 22.9 Å². The molecule has 19 heavy (non-hydrogen) atoms. The summed E-state index contributed by atoms with van der Waals surface area (Å²) in [5, 5.41) is 1.97. The zero-order valence-electron chi connectivity index (χ0n) is 10.9. The van der Waals surface area contributed by atoms with E-state index in [1.807, 2.05) is 23.6 Å². The van der Waals surface area contributed by atoms with Crippen molar-refractivity contribution in [1.82, 2.24) is 4.57 Å². The minimum Gasteiger partial charge on any atom is -0.385 e. The minimum atomic E-state index is -0.345. The topological polar surface area (TPSA) is 57.2 Å². The highest BCUT2D eigenvalue weighted by molar-refractivity contribution is 7.10. The van der Waals surface area contributed by atoms with Gasteiger partial charge in [-0.3, -0.25) is 4.79 Å². The average Bonchev–Trinajstić information content (AvgIpc) is 2.94. The molecule has 4 nitrogen and oxygen atoms in total. The van der Waals surface area contributed by atoms with Crippen molar-refractivity contribution in [2.45, 2.75) is 19.0 Å². The third-order valence-corrected chi connectivity index (χ3v) is 3.94. The lowest BCUT2D eigenvalue weighted by molar-refractivity contribution is 0.190. The highest BCUT2D eigenvalue weighted by Gasteiger charge is 2.14. The zero-order chi connectivity index (χ0) is 13.7. The van der Waals surface area contributed by atoms with E-state index in [0.29, 0.717) is 18.7 Å². The molecule has 0 amide bonds. The molecular formula is C14H18N2O2S. The van der Waals surface area contributed by atoms with Gasteiger partial charge in [0.05, 0.1) is 6.04 Å². The van der Waals surface area contributed by atoms with Crippen LogP contribution in [0.5, 0.6) is 0 Å². The van der Waals surface area contributed by atoms with E-state index in [4.69, 9.17) is 10.5 Å². The molecule has 0 aliphatic heterocycles. The molecule has 1 atom stereocenters. The first-order valence-corrected chi connectivity index (χ1v) is 7.09. The Labute approximate surface area is 116 Å². The van der Waals surface area contributed by atoms with Crippen LogP contribution in [0.15, 0.2) is 40.6 Å². The first-order valence-electron chi connectivity index (χ1n) is 6.21. The molecule has 0 saturated heterocycles. The number of rotatable bonds is 6. The lowest BCUT2D eigenvalue weighted by atomic mass is 10.1. The second-order valence-corrected chi connectivity index (χ2v) is 5.28. The highest BCUT2D eigenvalue weighted by Crippen LogP contribution is 2.21. The average molecular weight is 278 g/mol. The molecule has 102 valence electrons. The van der Waals surface area contributed by atoms with Crippen LogP contribution in [0, 0.1) is 0 Å². The number of aryl methyl sites for hydroxylation is 1. The summed E-state index contributed by atoms with van der Waals surface area (Å²) in [5.41, 5.74) is 6.78. The van der Waals surface area contributed by atoms with Gasteiger partial charge in [-0.05, 0) is 23.9 Å². The lowest BCUT2D eigenvalue weighted by Gasteiger charge is -2.12. The van der Waals surface area contributed by atoms with Crippen LogP contribution in [0.4, 0.5) is 0 Å². The van der Waals surface area contributed by atoms with Crippen LogP contribution in [-0.2, 0) is 11.3 Å². The second-order valence-electron chi connectivity index (χ2n) is 4.30. The quantitative estimate of drug-likeness (QED) is 0.822. The maximum Gasteiger partial charge on any atom is 0.255 e. The van der Waals surface area contributed by atoms with Crippen LogP contribution in [0.3, 0.4) is 0 Å². The third-order valence-electron chi connectivity index (χ3n) is 2.98. The molecule has 0 aliphatic rings. The van der Waals surface area contributed by atoms with E-state index in [-0.39, 0.29) is 11.6 Å². The molecule has 0 aromatic carbocycles. The predicted octanol–water partition coefficient (Wildman–Crippen LogP) is 1.99. The molecule has 2 N–H and O–H groups in total. The largest absolute Gasteiger partial charge is 0.385 e. The van der Waals surface area contributed by atoms with E-state index in [9.17, 15) is 4.79 Å². The van der Waals surface area contributed by atoms with Crippen LogP contribution >= 0.6 is 11.3 Å². The molecule has 0 aliphatic carbocycles. The van der Waals surface area contributed by atoms with Crippen molar-refractivity contribution in [2.24, 2.45) is 5.73 Å². The van der Waals surface area contributed by atoms with Crippen LogP contribution in [0.25, 0.3) is 0 Å². The molecule has 0 bridgehead atoms. The third kappa shape index (κ3) is 3.32. The molecule has 0 spiro atoms. The van der Waals surface area contributed by atoms with E-state index in [2.05, 4.69) is 0 Å². The summed E-state index contributed by atoms with van der Waals surface area (Å²) < 4.78 is 6.70. The number of pyridine rings is 1. The molecule has 2 aromatic rings. The Hall–Kier alpha value is -1.43. The highest BCUT2D eigenvalue weighted by atomic mass is 32.1. The summed E-state index contributed by atoms with van der Waals surface area (Å²) >= 11 is 1.57. The smallest absolute Gasteiger partial charge is 0.255 e. The monoisotopic (exact) mass is 278 g/mol. The number of hydrogen-bond donors (Lipinski definition) is 1. The molecular weight excluding hydrogens is 260 g/mol. The van der Waals surface area contributed by atoms with Crippen LogP contribution in [0.2, 0.25) is 0 Å². The molecule has 2 heterocycles. The number of methoxy groups -OCH3 is 1. The Balaban J connectivity index is 2.22. The number of nitrogens with zero attached hydrogens (tertiary/aromatic N) is 1.